The lowest BCUT2D eigenvalue weighted by Crippen LogP contribution is -1.97. The van der Waals surface area contributed by atoms with Crippen molar-refractivity contribution in [3.63, 3.8) is 0 Å². The lowest BCUT2D eigenvalue weighted by atomic mass is 10.2. The smallest absolute Gasteiger partial charge is 0.249 e. The summed E-state index contributed by atoms with van der Waals surface area (Å²) in [5.41, 5.74) is 0.175. The maximum atomic E-state index is 13.2. The second-order valence-corrected chi connectivity index (χ2v) is 4.73. The standard InChI is InChI=1S/C8H5FN2O2S/c9-7-3-6(4-10)1-2-8(7)11-5-14(11,12)13/h1-3H,5H2. The van der Waals surface area contributed by atoms with Crippen LogP contribution in [0.1, 0.15) is 5.56 Å². The Bertz CT molecular complexity index is 533. The molecule has 0 spiro atoms. The summed E-state index contributed by atoms with van der Waals surface area (Å²) in [6, 6.07) is 5.46. The molecule has 1 fully saturated rings. The number of rotatable bonds is 1. The van der Waals surface area contributed by atoms with Crippen LogP contribution in [-0.4, -0.2) is 14.3 Å². The summed E-state index contributed by atoms with van der Waals surface area (Å²) in [6.45, 7) is 0. The topological polar surface area (TPSA) is 60.9 Å². The van der Waals surface area contributed by atoms with E-state index in [4.69, 9.17) is 5.26 Å². The molecule has 1 aliphatic heterocycles. The van der Waals surface area contributed by atoms with Gasteiger partial charge in [0.1, 0.15) is 5.82 Å². The molecule has 1 aromatic carbocycles. The Kier molecular flexibility index (Phi) is 1.72. The first-order valence-corrected chi connectivity index (χ1v) is 5.35. The summed E-state index contributed by atoms with van der Waals surface area (Å²) >= 11 is 0. The van der Waals surface area contributed by atoms with Crippen molar-refractivity contribution in [3.05, 3.63) is 29.6 Å². The van der Waals surface area contributed by atoms with Crippen LogP contribution in [0.5, 0.6) is 0 Å². The molecule has 0 N–H and O–H groups in total. The van der Waals surface area contributed by atoms with Crippen molar-refractivity contribution in [2.24, 2.45) is 0 Å². The summed E-state index contributed by atoms with van der Waals surface area (Å²) in [4.78, 5) is 0. The minimum absolute atomic E-state index is 0.00370. The molecule has 6 heteroatoms. The number of halogens is 1. The Morgan fingerprint density at radius 1 is 1.50 bits per heavy atom. The zero-order chi connectivity index (χ0) is 10.3. The average molecular weight is 212 g/mol. The van der Waals surface area contributed by atoms with Crippen LogP contribution >= 0.6 is 0 Å². The van der Waals surface area contributed by atoms with Crippen LogP contribution in [0.25, 0.3) is 0 Å². The minimum atomic E-state index is -3.24. The fourth-order valence-electron chi connectivity index (χ4n) is 1.12. The molecule has 0 amide bonds. The third kappa shape index (κ3) is 1.32. The van der Waals surface area contributed by atoms with Crippen LogP contribution < -0.4 is 4.31 Å². The predicted octanol–water partition coefficient (Wildman–Crippen LogP) is 0.805. The summed E-state index contributed by atoms with van der Waals surface area (Å²) in [5, 5.41) is 8.46. The van der Waals surface area contributed by atoms with Crippen LogP contribution in [0.15, 0.2) is 18.2 Å². The van der Waals surface area contributed by atoms with E-state index in [9.17, 15) is 12.8 Å². The molecule has 1 saturated heterocycles. The van der Waals surface area contributed by atoms with Crippen molar-refractivity contribution in [1.82, 2.24) is 0 Å². The van der Waals surface area contributed by atoms with Crippen molar-refractivity contribution in [1.29, 1.82) is 5.26 Å². The van der Waals surface area contributed by atoms with E-state index in [1.807, 2.05) is 0 Å². The molecule has 1 aromatic rings. The summed E-state index contributed by atoms with van der Waals surface area (Å²) in [5.74, 6) is -0.847. The van der Waals surface area contributed by atoms with Gasteiger partial charge in [0.25, 0.3) is 10.0 Å². The second kappa shape index (κ2) is 2.69. The minimum Gasteiger partial charge on any atom is -0.249 e. The van der Waals surface area contributed by atoms with E-state index in [1.165, 1.54) is 12.1 Å². The van der Waals surface area contributed by atoms with Crippen LogP contribution in [0.2, 0.25) is 0 Å². The Balaban J connectivity index is 2.44. The van der Waals surface area contributed by atoms with E-state index in [2.05, 4.69) is 0 Å². The highest BCUT2D eigenvalue weighted by Gasteiger charge is 2.41. The molecular weight excluding hydrogens is 207 g/mol. The molecule has 0 saturated carbocycles. The molecule has 0 unspecified atom stereocenters. The van der Waals surface area contributed by atoms with Crippen molar-refractivity contribution < 1.29 is 12.8 Å². The molecule has 14 heavy (non-hydrogen) atoms. The van der Waals surface area contributed by atoms with Gasteiger partial charge in [0.2, 0.25) is 0 Å². The van der Waals surface area contributed by atoms with Crippen LogP contribution in [0.4, 0.5) is 10.1 Å². The number of hydrogen-bond acceptors (Lipinski definition) is 3. The van der Waals surface area contributed by atoms with Crippen molar-refractivity contribution in [3.8, 4) is 6.07 Å². The highest BCUT2D eigenvalue weighted by Crippen LogP contribution is 2.31. The van der Waals surface area contributed by atoms with E-state index in [-0.39, 0.29) is 17.1 Å². The average Bonchev–Trinajstić information content (AvgIpc) is 2.74. The quantitative estimate of drug-likeness (QED) is 0.647. The van der Waals surface area contributed by atoms with Crippen molar-refractivity contribution in [2.75, 3.05) is 10.2 Å². The third-order valence-corrected chi connectivity index (χ3v) is 3.17. The fourth-order valence-corrected chi connectivity index (χ4v) is 2.22. The summed E-state index contributed by atoms with van der Waals surface area (Å²) < 4.78 is 35.9. The number of sulfonamides is 1. The van der Waals surface area contributed by atoms with Crippen molar-refractivity contribution in [2.45, 2.75) is 0 Å². The van der Waals surface area contributed by atoms with Crippen LogP contribution in [0.3, 0.4) is 0 Å². The normalized spacial score (nSPS) is 17.6. The zero-order valence-electron chi connectivity index (χ0n) is 6.94. The first-order chi connectivity index (χ1) is 6.54. The van der Waals surface area contributed by atoms with Gasteiger partial charge >= 0.3 is 0 Å². The first kappa shape index (κ1) is 8.97. The Morgan fingerprint density at radius 3 is 2.57 bits per heavy atom. The zero-order valence-corrected chi connectivity index (χ0v) is 7.75. The number of anilines is 1. The maximum absolute atomic E-state index is 13.2. The molecule has 0 aromatic heterocycles. The van der Waals surface area contributed by atoms with Gasteiger partial charge in [-0.2, -0.15) is 5.26 Å². The van der Waals surface area contributed by atoms with E-state index in [1.54, 1.807) is 6.07 Å². The molecule has 0 radical (unpaired) electrons. The molecular formula is C8H5FN2O2S. The van der Waals surface area contributed by atoms with E-state index < -0.39 is 15.8 Å². The Morgan fingerprint density at radius 2 is 2.14 bits per heavy atom. The van der Waals surface area contributed by atoms with Gasteiger partial charge in [-0.3, -0.25) is 0 Å². The monoisotopic (exact) mass is 212 g/mol. The number of benzene rings is 1. The molecule has 1 aliphatic rings. The van der Waals surface area contributed by atoms with Gasteiger partial charge in [0, 0.05) is 0 Å². The van der Waals surface area contributed by atoms with Crippen LogP contribution in [-0.2, 0) is 10.0 Å². The summed E-state index contributed by atoms with van der Waals surface area (Å²) in [6.07, 6.45) is 0. The molecule has 0 bridgehead atoms. The van der Waals surface area contributed by atoms with E-state index in [0.717, 1.165) is 10.4 Å². The largest absolute Gasteiger partial charge is 0.255 e. The molecule has 72 valence electrons. The summed E-state index contributed by atoms with van der Waals surface area (Å²) in [7, 11) is -3.24. The van der Waals surface area contributed by atoms with Gasteiger partial charge in [-0.15, -0.1) is 0 Å². The molecule has 0 aliphatic carbocycles. The first-order valence-electron chi connectivity index (χ1n) is 3.75. The maximum Gasteiger partial charge on any atom is 0.255 e. The second-order valence-electron chi connectivity index (χ2n) is 2.87. The SMILES string of the molecule is N#Cc1ccc(N2CS2(=O)=O)c(F)c1. The number of nitrogens with zero attached hydrogens (tertiary/aromatic N) is 2. The number of nitriles is 1. The lowest BCUT2D eigenvalue weighted by Gasteiger charge is -2.00. The van der Waals surface area contributed by atoms with Crippen LogP contribution in [0, 0.1) is 17.1 Å². The molecule has 0 atom stereocenters. The predicted molar refractivity (Wildman–Crippen MR) is 47.4 cm³/mol. The van der Waals surface area contributed by atoms with Gasteiger partial charge < -0.3 is 0 Å². The Labute approximate surface area is 80.2 Å². The van der Waals surface area contributed by atoms with Gasteiger partial charge in [-0.05, 0) is 18.2 Å². The number of hydrogen-bond donors (Lipinski definition) is 0. The third-order valence-electron chi connectivity index (χ3n) is 1.89. The highest BCUT2D eigenvalue weighted by molar-refractivity contribution is 8.00. The van der Waals surface area contributed by atoms with Crippen molar-refractivity contribution >= 4 is 15.7 Å². The van der Waals surface area contributed by atoms with E-state index >= 15 is 0 Å². The Hall–Kier alpha value is -1.61. The fraction of sp³-hybridized carbons (Fsp3) is 0.125. The van der Waals surface area contributed by atoms with Gasteiger partial charge in [-0.1, -0.05) is 0 Å². The molecule has 1 heterocycles. The van der Waals surface area contributed by atoms with Gasteiger partial charge in [-0.25, -0.2) is 17.1 Å². The molecule has 2 rings (SSSR count). The highest BCUT2D eigenvalue weighted by atomic mass is 32.2. The molecule has 4 nitrogen and oxygen atoms in total. The van der Waals surface area contributed by atoms with Gasteiger partial charge in [0.15, 0.2) is 5.88 Å². The van der Waals surface area contributed by atoms with Gasteiger partial charge in [0.05, 0.1) is 17.3 Å². The lowest BCUT2D eigenvalue weighted by molar-refractivity contribution is 0.611. The van der Waals surface area contributed by atoms with E-state index in [0.29, 0.717) is 0 Å².